The molecule has 6 nitrogen and oxygen atoms in total. The van der Waals surface area contributed by atoms with Crippen molar-refractivity contribution in [3.05, 3.63) is 24.4 Å². The first-order chi connectivity index (χ1) is 7.63. The van der Waals surface area contributed by atoms with E-state index in [-0.39, 0.29) is 0 Å². The fourth-order valence-corrected chi connectivity index (χ4v) is 1.11. The van der Waals surface area contributed by atoms with E-state index >= 15 is 0 Å². The van der Waals surface area contributed by atoms with Crippen molar-refractivity contribution >= 4 is 0 Å². The van der Waals surface area contributed by atoms with Gasteiger partial charge in [0.25, 0.3) is 0 Å². The summed E-state index contributed by atoms with van der Waals surface area (Å²) in [5.74, 6) is 1.20. The third kappa shape index (κ3) is 1.92. The molecule has 2 aromatic rings. The molecule has 1 unspecified atom stereocenters. The van der Waals surface area contributed by atoms with E-state index in [0.29, 0.717) is 24.0 Å². The number of hydrogen-bond acceptors (Lipinski definition) is 6. The standard InChI is InChI=1S/C10H13N5O/c1-3-10(2,11)9-14-8(15-16-9)7-12-5-4-6-13-7/h4-6H,3,11H2,1-2H3. The smallest absolute Gasteiger partial charge is 0.246 e. The molecule has 0 amide bonds. The molecule has 0 fully saturated rings. The molecule has 2 rings (SSSR count). The van der Waals surface area contributed by atoms with Gasteiger partial charge in [0.15, 0.2) is 0 Å². The fourth-order valence-electron chi connectivity index (χ4n) is 1.11. The topological polar surface area (TPSA) is 90.7 Å². The van der Waals surface area contributed by atoms with Crippen molar-refractivity contribution < 1.29 is 4.52 Å². The molecule has 2 heterocycles. The molecular weight excluding hydrogens is 206 g/mol. The Kier molecular flexibility index (Phi) is 2.66. The first-order valence-electron chi connectivity index (χ1n) is 5.04. The van der Waals surface area contributed by atoms with Crippen molar-refractivity contribution in [3.63, 3.8) is 0 Å². The molecule has 0 aromatic carbocycles. The molecular formula is C10H13N5O. The van der Waals surface area contributed by atoms with Crippen LogP contribution in [0.15, 0.2) is 23.0 Å². The second kappa shape index (κ2) is 3.97. The number of hydrogen-bond donors (Lipinski definition) is 1. The summed E-state index contributed by atoms with van der Waals surface area (Å²) < 4.78 is 5.11. The molecule has 6 heteroatoms. The maximum absolute atomic E-state index is 5.99. The van der Waals surface area contributed by atoms with E-state index < -0.39 is 5.54 Å². The quantitative estimate of drug-likeness (QED) is 0.831. The van der Waals surface area contributed by atoms with Crippen molar-refractivity contribution in [2.45, 2.75) is 25.8 Å². The highest BCUT2D eigenvalue weighted by Crippen LogP contribution is 2.21. The van der Waals surface area contributed by atoms with Gasteiger partial charge in [-0.15, -0.1) is 0 Å². The van der Waals surface area contributed by atoms with Gasteiger partial charge in [0, 0.05) is 12.4 Å². The van der Waals surface area contributed by atoms with Gasteiger partial charge in [-0.25, -0.2) is 9.97 Å². The SMILES string of the molecule is CCC(C)(N)c1nc(-c2ncccn2)no1. The summed E-state index contributed by atoms with van der Waals surface area (Å²) >= 11 is 0. The molecule has 2 N–H and O–H groups in total. The van der Waals surface area contributed by atoms with E-state index in [1.165, 1.54) is 0 Å². The second-order valence-electron chi connectivity index (χ2n) is 3.77. The monoisotopic (exact) mass is 219 g/mol. The van der Waals surface area contributed by atoms with Crippen LogP contribution >= 0.6 is 0 Å². The van der Waals surface area contributed by atoms with Crippen LogP contribution in [0.5, 0.6) is 0 Å². The predicted molar refractivity (Wildman–Crippen MR) is 57.2 cm³/mol. The average molecular weight is 219 g/mol. The van der Waals surface area contributed by atoms with Crippen LogP contribution in [0.25, 0.3) is 11.6 Å². The van der Waals surface area contributed by atoms with Crippen LogP contribution in [0, 0.1) is 0 Å². The van der Waals surface area contributed by atoms with Crippen LogP contribution in [0.3, 0.4) is 0 Å². The normalized spacial score (nSPS) is 14.7. The van der Waals surface area contributed by atoms with Crippen molar-refractivity contribution in [1.29, 1.82) is 0 Å². The summed E-state index contributed by atoms with van der Waals surface area (Å²) in [6.07, 6.45) is 3.96. The third-order valence-electron chi connectivity index (χ3n) is 2.41. The van der Waals surface area contributed by atoms with Gasteiger partial charge in [-0.1, -0.05) is 12.1 Å². The minimum Gasteiger partial charge on any atom is -0.337 e. The van der Waals surface area contributed by atoms with E-state index in [1.807, 2.05) is 13.8 Å². The Morgan fingerprint density at radius 2 is 2.00 bits per heavy atom. The van der Waals surface area contributed by atoms with Gasteiger partial charge >= 0.3 is 0 Å². The minimum atomic E-state index is -0.611. The van der Waals surface area contributed by atoms with Gasteiger partial charge in [-0.05, 0) is 19.4 Å². The molecule has 16 heavy (non-hydrogen) atoms. The highest BCUT2D eigenvalue weighted by Gasteiger charge is 2.26. The van der Waals surface area contributed by atoms with E-state index in [9.17, 15) is 0 Å². The largest absolute Gasteiger partial charge is 0.337 e. The van der Waals surface area contributed by atoms with Crippen LogP contribution < -0.4 is 5.73 Å². The van der Waals surface area contributed by atoms with Crippen LogP contribution in [0.2, 0.25) is 0 Å². The third-order valence-corrected chi connectivity index (χ3v) is 2.41. The lowest BCUT2D eigenvalue weighted by Crippen LogP contribution is -2.32. The second-order valence-corrected chi connectivity index (χ2v) is 3.77. The Bertz CT molecular complexity index is 465. The Morgan fingerprint density at radius 3 is 2.62 bits per heavy atom. The first kappa shape index (κ1) is 10.7. The summed E-state index contributed by atoms with van der Waals surface area (Å²) in [6.45, 7) is 3.80. The predicted octanol–water partition coefficient (Wildman–Crippen LogP) is 1.11. The lowest BCUT2D eigenvalue weighted by molar-refractivity contribution is 0.291. The van der Waals surface area contributed by atoms with Gasteiger partial charge < -0.3 is 10.3 Å². The molecule has 0 aliphatic heterocycles. The van der Waals surface area contributed by atoms with Gasteiger partial charge in [-0.3, -0.25) is 0 Å². The number of nitrogens with zero attached hydrogens (tertiary/aromatic N) is 4. The van der Waals surface area contributed by atoms with Crippen molar-refractivity contribution in [1.82, 2.24) is 20.1 Å². The van der Waals surface area contributed by atoms with E-state index in [4.69, 9.17) is 10.3 Å². The first-order valence-corrected chi connectivity index (χ1v) is 5.04. The lowest BCUT2D eigenvalue weighted by Gasteiger charge is -2.16. The lowest BCUT2D eigenvalue weighted by atomic mass is 10.0. The van der Waals surface area contributed by atoms with Crippen molar-refractivity contribution in [2.75, 3.05) is 0 Å². The van der Waals surface area contributed by atoms with Gasteiger partial charge in [0.1, 0.15) is 0 Å². The van der Waals surface area contributed by atoms with Gasteiger partial charge in [-0.2, -0.15) is 4.98 Å². The summed E-state index contributed by atoms with van der Waals surface area (Å²) in [5, 5.41) is 3.81. The zero-order valence-corrected chi connectivity index (χ0v) is 9.21. The molecule has 84 valence electrons. The van der Waals surface area contributed by atoms with Crippen molar-refractivity contribution in [3.8, 4) is 11.6 Å². The molecule has 0 radical (unpaired) electrons. The highest BCUT2D eigenvalue weighted by atomic mass is 16.5. The van der Waals surface area contributed by atoms with E-state index in [0.717, 1.165) is 0 Å². The summed E-state index contributed by atoms with van der Waals surface area (Å²) in [4.78, 5) is 12.3. The number of aromatic nitrogens is 4. The van der Waals surface area contributed by atoms with Crippen molar-refractivity contribution in [2.24, 2.45) is 5.73 Å². The zero-order chi connectivity index (χ0) is 11.6. The van der Waals surface area contributed by atoms with E-state index in [2.05, 4.69) is 20.1 Å². The maximum atomic E-state index is 5.99. The fraction of sp³-hybridized carbons (Fsp3) is 0.400. The van der Waals surface area contributed by atoms with Gasteiger partial charge in [0.05, 0.1) is 5.54 Å². The summed E-state index contributed by atoms with van der Waals surface area (Å²) in [7, 11) is 0. The van der Waals surface area contributed by atoms with Crippen LogP contribution in [0.1, 0.15) is 26.2 Å². The molecule has 0 saturated heterocycles. The van der Waals surface area contributed by atoms with Gasteiger partial charge in [0.2, 0.25) is 17.5 Å². The Labute approximate surface area is 92.9 Å². The molecule has 0 bridgehead atoms. The van der Waals surface area contributed by atoms with Crippen LogP contribution in [-0.4, -0.2) is 20.1 Å². The van der Waals surface area contributed by atoms with Crippen LogP contribution in [-0.2, 0) is 5.54 Å². The molecule has 2 aromatic heterocycles. The zero-order valence-electron chi connectivity index (χ0n) is 9.21. The summed E-state index contributed by atoms with van der Waals surface area (Å²) in [6, 6.07) is 1.73. The highest BCUT2D eigenvalue weighted by molar-refractivity contribution is 5.40. The van der Waals surface area contributed by atoms with E-state index in [1.54, 1.807) is 18.5 Å². The Hall–Kier alpha value is -1.82. The molecule has 0 aliphatic rings. The Morgan fingerprint density at radius 1 is 1.31 bits per heavy atom. The number of nitrogens with two attached hydrogens (primary N) is 1. The molecule has 0 spiro atoms. The van der Waals surface area contributed by atoms with Crippen LogP contribution in [0.4, 0.5) is 0 Å². The molecule has 0 aliphatic carbocycles. The maximum Gasteiger partial charge on any atom is 0.246 e. The number of rotatable bonds is 3. The molecule has 1 atom stereocenters. The summed E-state index contributed by atoms with van der Waals surface area (Å²) in [5.41, 5.74) is 5.38. The minimum absolute atomic E-state index is 0.362. The Balaban J connectivity index is 2.34. The molecule has 0 saturated carbocycles. The average Bonchev–Trinajstić information content (AvgIpc) is 2.80.